The van der Waals surface area contributed by atoms with Crippen LogP contribution in [0.15, 0.2) is 23.1 Å². The molecule has 0 bridgehead atoms. The molecule has 0 aromatic carbocycles. The van der Waals surface area contributed by atoms with E-state index in [2.05, 4.69) is 9.97 Å². The summed E-state index contributed by atoms with van der Waals surface area (Å²) in [4.78, 5) is 19.4. The quantitative estimate of drug-likeness (QED) is 0.811. The Kier molecular flexibility index (Phi) is 5.89. The molecule has 0 aliphatic heterocycles. The Hall–Kier alpha value is -1.68. The van der Waals surface area contributed by atoms with Gasteiger partial charge in [-0.15, -0.1) is 0 Å². The van der Waals surface area contributed by atoms with Crippen molar-refractivity contribution in [3.63, 3.8) is 0 Å². The van der Waals surface area contributed by atoms with Crippen LogP contribution in [0.3, 0.4) is 0 Å². The zero-order valence-corrected chi connectivity index (χ0v) is 13.3. The minimum atomic E-state index is -0.111. The van der Waals surface area contributed by atoms with Crippen molar-refractivity contribution in [2.45, 2.75) is 41.2 Å². The highest BCUT2D eigenvalue weighted by atomic mass is 35.5. The number of hydrogen-bond donors (Lipinski definition) is 0. The maximum absolute atomic E-state index is 11.2. The highest BCUT2D eigenvalue weighted by Gasteiger charge is 1.99. The van der Waals surface area contributed by atoms with Crippen LogP contribution >= 0.6 is 11.6 Å². The molecule has 0 saturated heterocycles. The number of halogens is 1. The normalized spacial score (nSPS) is 9.90. The molecular weight excluding hydrogens is 274 g/mol. The van der Waals surface area contributed by atoms with Crippen LogP contribution in [0.1, 0.15) is 29.7 Å². The fraction of sp³-hybridized carbons (Fsp3) is 0.400. The first-order valence-electron chi connectivity index (χ1n) is 6.49. The summed E-state index contributed by atoms with van der Waals surface area (Å²) in [6.07, 6.45) is 1.80. The second-order valence-corrected chi connectivity index (χ2v) is 5.06. The molecule has 0 aliphatic carbocycles. The Morgan fingerprint density at radius 3 is 2.10 bits per heavy atom. The highest BCUT2D eigenvalue weighted by molar-refractivity contribution is 6.30. The Balaban J connectivity index is 0.000000204. The van der Waals surface area contributed by atoms with Gasteiger partial charge in [0.25, 0.3) is 5.56 Å². The lowest BCUT2D eigenvalue weighted by Crippen LogP contribution is -2.18. The molecule has 20 heavy (non-hydrogen) atoms. The molecule has 108 valence electrons. The highest BCUT2D eigenvalue weighted by Crippen LogP contribution is 2.03. The summed E-state index contributed by atoms with van der Waals surface area (Å²) in [5.41, 5.74) is 2.98. The number of nitrogens with zero attached hydrogens (tertiary/aromatic N) is 3. The zero-order chi connectivity index (χ0) is 15.3. The van der Waals surface area contributed by atoms with Gasteiger partial charge in [-0.05, 0) is 52.3 Å². The van der Waals surface area contributed by atoms with Crippen LogP contribution in [0.4, 0.5) is 0 Å². The monoisotopic (exact) mass is 293 g/mol. The molecule has 4 nitrogen and oxygen atoms in total. The Morgan fingerprint density at radius 1 is 1.10 bits per heavy atom. The van der Waals surface area contributed by atoms with Gasteiger partial charge in [-0.1, -0.05) is 11.6 Å². The molecule has 2 rings (SSSR count). The van der Waals surface area contributed by atoms with E-state index in [0.29, 0.717) is 11.6 Å². The molecule has 0 N–H and O–H groups in total. The molecule has 2 aromatic rings. The third-order valence-electron chi connectivity index (χ3n) is 2.61. The summed E-state index contributed by atoms with van der Waals surface area (Å²) in [6, 6.07) is 3.64. The summed E-state index contributed by atoms with van der Waals surface area (Å²) in [5, 5.41) is 0.298. The van der Waals surface area contributed by atoms with Crippen molar-refractivity contribution in [3.8, 4) is 0 Å². The van der Waals surface area contributed by atoms with Gasteiger partial charge >= 0.3 is 0 Å². The molecule has 0 radical (unpaired) electrons. The van der Waals surface area contributed by atoms with E-state index < -0.39 is 0 Å². The average Bonchev–Trinajstić information content (AvgIpc) is 2.32. The number of aromatic nitrogens is 3. The summed E-state index contributed by atoms with van der Waals surface area (Å²) < 4.78 is 1.59. The van der Waals surface area contributed by atoms with Crippen LogP contribution in [-0.4, -0.2) is 14.5 Å². The molecule has 0 atom stereocenters. The van der Waals surface area contributed by atoms with Gasteiger partial charge in [-0.3, -0.25) is 4.79 Å². The lowest BCUT2D eigenvalue weighted by Gasteiger charge is -2.02. The lowest BCUT2D eigenvalue weighted by atomic mass is 10.3. The molecule has 0 aliphatic rings. The number of aryl methyl sites for hydroxylation is 5. The van der Waals surface area contributed by atoms with Crippen LogP contribution in [-0.2, 0) is 6.54 Å². The summed E-state index contributed by atoms with van der Waals surface area (Å²) in [6.45, 7) is 10.3. The molecule has 2 aromatic heterocycles. The maximum atomic E-state index is 11.2. The topological polar surface area (TPSA) is 47.8 Å². The molecule has 0 fully saturated rings. The smallest absolute Gasteiger partial charge is 0.269 e. The molecule has 0 spiro atoms. The minimum Gasteiger partial charge on any atom is -0.314 e. The van der Waals surface area contributed by atoms with E-state index in [1.54, 1.807) is 16.8 Å². The van der Waals surface area contributed by atoms with Crippen molar-refractivity contribution in [2.24, 2.45) is 0 Å². The standard InChI is InChI=1S/C8H10ClNO.C7H10N2/c1-3-10-5-6(2)4-7(9)8(10)11;1-5-4-6(2)9-7(3)8-5/h4-5H,3H2,1-2H3;4H,1-3H3. The van der Waals surface area contributed by atoms with Crippen LogP contribution in [0.25, 0.3) is 0 Å². The van der Waals surface area contributed by atoms with E-state index in [1.165, 1.54) is 0 Å². The Bertz CT molecular complexity index is 600. The average molecular weight is 294 g/mol. The third-order valence-corrected chi connectivity index (χ3v) is 2.88. The predicted octanol–water partition coefficient (Wildman–Crippen LogP) is 3.23. The number of hydrogen-bond acceptors (Lipinski definition) is 3. The van der Waals surface area contributed by atoms with E-state index in [9.17, 15) is 4.79 Å². The lowest BCUT2D eigenvalue weighted by molar-refractivity contribution is 0.723. The van der Waals surface area contributed by atoms with Gasteiger partial charge in [0.2, 0.25) is 0 Å². The van der Waals surface area contributed by atoms with E-state index in [4.69, 9.17) is 11.6 Å². The van der Waals surface area contributed by atoms with Gasteiger partial charge < -0.3 is 4.57 Å². The van der Waals surface area contributed by atoms with Crippen LogP contribution in [0, 0.1) is 27.7 Å². The van der Waals surface area contributed by atoms with E-state index >= 15 is 0 Å². The molecule has 5 heteroatoms. The SMILES string of the molecule is CCn1cc(C)cc(Cl)c1=O.Cc1cc(C)nc(C)n1. The van der Waals surface area contributed by atoms with Crippen LogP contribution in [0.5, 0.6) is 0 Å². The van der Waals surface area contributed by atoms with Gasteiger partial charge in [0.1, 0.15) is 10.8 Å². The number of rotatable bonds is 1. The second-order valence-electron chi connectivity index (χ2n) is 4.65. The molecular formula is C15H20ClN3O. The van der Waals surface area contributed by atoms with E-state index in [-0.39, 0.29) is 5.56 Å². The first kappa shape index (κ1) is 16.4. The van der Waals surface area contributed by atoms with E-state index in [1.807, 2.05) is 40.7 Å². The fourth-order valence-corrected chi connectivity index (χ4v) is 2.16. The first-order chi connectivity index (χ1) is 9.33. The van der Waals surface area contributed by atoms with Gasteiger partial charge in [0, 0.05) is 24.1 Å². The second kappa shape index (κ2) is 7.20. The Morgan fingerprint density at radius 2 is 1.65 bits per heavy atom. The van der Waals surface area contributed by atoms with Crippen molar-refractivity contribution in [1.29, 1.82) is 0 Å². The van der Waals surface area contributed by atoms with Crippen molar-refractivity contribution >= 4 is 11.6 Å². The maximum Gasteiger partial charge on any atom is 0.269 e. The largest absolute Gasteiger partial charge is 0.314 e. The molecule has 2 heterocycles. The minimum absolute atomic E-state index is 0.111. The first-order valence-corrected chi connectivity index (χ1v) is 6.86. The molecule has 0 unspecified atom stereocenters. The van der Waals surface area contributed by atoms with E-state index in [0.717, 1.165) is 22.8 Å². The van der Waals surface area contributed by atoms with Gasteiger partial charge in [-0.2, -0.15) is 0 Å². The number of pyridine rings is 1. The van der Waals surface area contributed by atoms with Crippen LogP contribution < -0.4 is 5.56 Å². The summed E-state index contributed by atoms with van der Waals surface area (Å²) in [5.74, 6) is 0.854. The summed E-state index contributed by atoms with van der Waals surface area (Å²) in [7, 11) is 0. The molecule has 0 saturated carbocycles. The van der Waals surface area contributed by atoms with Crippen LogP contribution in [0.2, 0.25) is 5.02 Å². The molecule has 0 amide bonds. The Labute approximate surface area is 124 Å². The van der Waals surface area contributed by atoms with Gasteiger partial charge in [0.15, 0.2) is 0 Å². The van der Waals surface area contributed by atoms with Crippen molar-refractivity contribution in [3.05, 3.63) is 56.5 Å². The summed E-state index contributed by atoms with van der Waals surface area (Å²) >= 11 is 5.66. The van der Waals surface area contributed by atoms with Crippen molar-refractivity contribution < 1.29 is 0 Å². The van der Waals surface area contributed by atoms with Gasteiger partial charge in [-0.25, -0.2) is 9.97 Å². The predicted molar refractivity (Wildman–Crippen MR) is 82.4 cm³/mol. The zero-order valence-electron chi connectivity index (χ0n) is 12.6. The van der Waals surface area contributed by atoms with Crippen molar-refractivity contribution in [2.75, 3.05) is 0 Å². The van der Waals surface area contributed by atoms with Crippen molar-refractivity contribution in [1.82, 2.24) is 14.5 Å². The third kappa shape index (κ3) is 4.78. The van der Waals surface area contributed by atoms with Gasteiger partial charge in [0.05, 0.1) is 0 Å². The fourth-order valence-electron chi connectivity index (χ4n) is 1.88.